The Morgan fingerprint density at radius 2 is 1.83 bits per heavy atom. The highest BCUT2D eigenvalue weighted by Gasteiger charge is 2.29. The van der Waals surface area contributed by atoms with Crippen molar-refractivity contribution in [3.05, 3.63) is 66.0 Å². The lowest BCUT2D eigenvalue weighted by atomic mass is 9.89. The number of aromatic nitrogens is 2. The minimum atomic E-state index is -0.211. The van der Waals surface area contributed by atoms with Gasteiger partial charge in [0, 0.05) is 42.5 Å². The van der Waals surface area contributed by atoms with Gasteiger partial charge in [-0.25, -0.2) is 0 Å². The van der Waals surface area contributed by atoms with Crippen LogP contribution in [-0.2, 0) is 0 Å². The van der Waals surface area contributed by atoms with Crippen LogP contribution in [0, 0.1) is 5.92 Å². The molecule has 2 aromatic carbocycles. The maximum Gasteiger partial charge on any atom is 0.253 e. The summed E-state index contributed by atoms with van der Waals surface area (Å²) in [6, 6.07) is 12.7. The van der Waals surface area contributed by atoms with Gasteiger partial charge in [-0.3, -0.25) is 19.6 Å². The van der Waals surface area contributed by atoms with Gasteiger partial charge in [0.15, 0.2) is 5.78 Å². The molecule has 1 saturated heterocycles. The van der Waals surface area contributed by atoms with Crippen molar-refractivity contribution in [2.75, 3.05) is 13.1 Å². The number of benzene rings is 2. The minimum Gasteiger partial charge on any atom is -0.491 e. The Balaban J connectivity index is 1.49. The number of rotatable bonds is 5. The van der Waals surface area contributed by atoms with E-state index in [1.165, 1.54) is 0 Å². The van der Waals surface area contributed by atoms with E-state index >= 15 is 0 Å². The first-order valence-electron chi connectivity index (χ1n) is 10.3. The zero-order valence-corrected chi connectivity index (χ0v) is 17.2. The van der Waals surface area contributed by atoms with E-state index in [0.717, 1.165) is 18.4 Å². The van der Waals surface area contributed by atoms with Gasteiger partial charge in [-0.15, -0.1) is 0 Å². The molecule has 4 rings (SSSR count). The number of ether oxygens (including phenoxy) is 1. The van der Waals surface area contributed by atoms with Gasteiger partial charge < -0.3 is 9.64 Å². The maximum atomic E-state index is 13.1. The number of likely N-dealkylation sites (tertiary alicyclic amines) is 1. The van der Waals surface area contributed by atoms with E-state index in [9.17, 15) is 9.59 Å². The molecular formula is C24H25N3O3. The van der Waals surface area contributed by atoms with Crippen LogP contribution >= 0.6 is 0 Å². The number of carbonyl (C=O) groups excluding carboxylic acids is 2. The van der Waals surface area contributed by atoms with E-state index in [1.807, 2.05) is 38.1 Å². The number of ketones is 1. The average molecular weight is 403 g/mol. The zero-order valence-electron chi connectivity index (χ0n) is 17.2. The number of fused-ring (bicyclic) bond motifs is 1. The first-order chi connectivity index (χ1) is 14.5. The standard InChI is InChI=1S/C24H25N3O3/c1-16(2)30-20-7-3-5-17(13-20)23(28)19-6-4-12-27(15-19)24(29)18-8-9-21-22(14-18)26-11-10-25-21/h3,5,7-11,13-14,16,19H,4,6,12,15H2,1-2H3. The maximum absolute atomic E-state index is 13.1. The number of hydrogen-bond donors (Lipinski definition) is 0. The Morgan fingerprint density at radius 3 is 2.63 bits per heavy atom. The fourth-order valence-corrected chi connectivity index (χ4v) is 3.89. The summed E-state index contributed by atoms with van der Waals surface area (Å²) in [6.45, 7) is 4.98. The second-order valence-corrected chi connectivity index (χ2v) is 7.91. The summed E-state index contributed by atoms with van der Waals surface area (Å²) in [4.78, 5) is 36.5. The van der Waals surface area contributed by atoms with Gasteiger partial charge in [0.2, 0.25) is 0 Å². The third-order valence-electron chi connectivity index (χ3n) is 5.29. The van der Waals surface area contributed by atoms with Crippen LogP contribution in [0.25, 0.3) is 11.0 Å². The van der Waals surface area contributed by atoms with Crippen molar-refractivity contribution in [2.45, 2.75) is 32.8 Å². The molecule has 154 valence electrons. The van der Waals surface area contributed by atoms with E-state index < -0.39 is 0 Å². The van der Waals surface area contributed by atoms with Crippen LogP contribution in [0.4, 0.5) is 0 Å². The number of carbonyl (C=O) groups is 2. The molecule has 0 radical (unpaired) electrons. The summed E-state index contributed by atoms with van der Waals surface area (Å²) in [5.41, 5.74) is 2.65. The molecule has 1 amide bonds. The van der Waals surface area contributed by atoms with E-state index in [0.29, 0.717) is 35.5 Å². The van der Waals surface area contributed by atoms with Gasteiger partial charge >= 0.3 is 0 Å². The average Bonchev–Trinajstić information content (AvgIpc) is 2.77. The predicted octanol–water partition coefficient (Wildman–Crippen LogP) is 4.15. The summed E-state index contributed by atoms with van der Waals surface area (Å²) in [5, 5.41) is 0. The second-order valence-electron chi connectivity index (χ2n) is 7.91. The number of nitrogens with zero attached hydrogens (tertiary/aromatic N) is 3. The van der Waals surface area contributed by atoms with Gasteiger partial charge in [-0.1, -0.05) is 12.1 Å². The molecule has 2 heterocycles. The minimum absolute atomic E-state index is 0.0461. The topological polar surface area (TPSA) is 72.4 Å². The van der Waals surface area contributed by atoms with Crippen LogP contribution in [0.2, 0.25) is 0 Å². The zero-order chi connectivity index (χ0) is 21.1. The Labute approximate surface area is 175 Å². The van der Waals surface area contributed by atoms with Gasteiger partial charge in [-0.05, 0) is 57.0 Å². The second kappa shape index (κ2) is 8.61. The van der Waals surface area contributed by atoms with Gasteiger partial charge in [0.05, 0.1) is 17.1 Å². The predicted molar refractivity (Wildman–Crippen MR) is 115 cm³/mol. The molecular weight excluding hydrogens is 378 g/mol. The van der Waals surface area contributed by atoms with Crippen LogP contribution in [0.3, 0.4) is 0 Å². The summed E-state index contributed by atoms with van der Waals surface area (Å²) in [5.74, 6) is 0.470. The van der Waals surface area contributed by atoms with Crippen LogP contribution in [0.5, 0.6) is 5.75 Å². The molecule has 0 saturated carbocycles. The molecule has 0 bridgehead atoms. The van der Waals surface area contributed by atoms with Crippen LogP contribution in [-0.4, -0.2) is 45.8 Å². The van der Waals surface area contributed by atoms with Crippen molar-refractivity contribution in [3.63, 3.8) is 0 Å². The number of hydrogen-bond acceptors (Lipinski definition) is 5. The number of amides is 1. The molecule has 1 fully saturated rings. The summed E-state index contributed by atoms with van der Waals surface area (Å²) in [7, 11) is 0. The summed E-state index contributed by atoms with van der Waals surface area (Å²) in [6.07, 6.45) is 4.87. The van der Waals surface area contributed by atoms with E-state index in [2.05, 4.69) is 9.97 Å². The number of Topliss-reactive ketones (excluding diaryl/α,β-unsaturated/α-hetero) is 1. The van der Waals surface area contributed by atoms with E-state index in [-0.39, 0.29) is 23.7 Å². The van der Waals surface area contributed by atoms with Gasteiger partial charge in [-0.2, -0.15) is 0 Å². The Bertz CT molecular complexity index is 1080. The van der Waals surface area contributed by atoms with Crippen molar-refractivity contribution in [3.8, 4) is 5.75 Å². The summed E-state index contributed by atoms with van der Waals surface area (Å²) < 4.78 is 5.72. The molecule has 6 heteroatoms. The normalized spacial score (nSPS) is 16.6. The molecule has 0 spiro atoms. The van der Waals surface area contributed by atoms with E-state index in [1.54, 1.807) is 35.5 Å². The van der Waals surface area contributed by atoms with E-state index in [4.69, 9.17) is 4.74 Å². The SMILES string of the molecule is CC(C)Oc1cccc(C(=O)C2CCCN(C(=O)c3ccc4nccnc4c3)C2)c1. The molecule has 30 heavy (non-hydrogen) atoms. The first kappa shape index (κ1) is 20.0. The van der Waals surface area contributed by atoms with Gasteiger partial charge in [0.1, 0.15) is 5.75 Å². The molecule has 1 unspecified atom stereocenters. The highest BCUT2D eigenvalue weighted by Crippen LogP contribution is 2.25. The first-order valence-corrected chi connectivity index (χ1v) is 10.3. The monoisotopic (exact) mass is 403 g/mol. The van der Waals surface area contributed by atoms with Crippen LogP contribution < -0.4 is 4.74 Å². The molecule has 6 nitrogen and oxygen atoms in total. The van der Waals surface area contributed by atoms with Crippen molar-refractivity contribution >= 4 is 22.7 Å². The molecule has 1 aromatic heterocycles. The molecule has 1 aliphatic heterocycles. The third kappa shape index (κ3) is 4.32. The highest BCUT2D eigenvalue weighted by atomic mass is 16.5. The van der Waals surface area contributed by atoms with Crippen LogP contribution in [0.15, 0.2) is 54.9 Å². The highest BCUT2D eigenvalue weighted by molar-refractivity contribution is 6.00. The lowest BCUT2D eigenvalue weighted by Gasteiger charge is -2.32. The molecule has 0 aliphatic carbocycles. The Hall–Kier alpha value is -3.28. The van der Waals surface area contributed by atoms with Crippen molar-refractivity contribution in [2.24, 2.45) is 5.92 Å². The van der Waals surface area contributed by atoms with Crippen LogP contribution in [0.1, 0.15) is 47.4 Å². The molecule has 0 N–H and O–H groups in total. The van der Waals surface area contributed by atoms with Gasteiger partial charge in [0.25, 0.3) is 5.91 Å². The lowest BCUT2D eigenvalue weighted by Crippen LogP contribution is -2.42. The third-order valence-corrected chi connectivity index (χ3v) is 5.29. The quantitative estimate of drug-likeness (QED) is 0.599. The van der Waals surface area contributed by atoms with Crippen molar-refractivity contribution in [1.29, 1.82) is 0 Å². The summed E-state index contributed by atoms with van der Waals surface area (Å²) >= 11 is 0. The number of piperidine rings is 1. The fraction of sp³-hybridized carbons (Fsp3) is 0.333. The fourth-order valence-electron chi connectivity index (χ4n) is 3.89. The molecule has 1 atom stereocenters. The molecule has 3 aromatic rings. The van der Waals surface area contributed by atoms with Crippen molar-refractivity contribution < 1.29 is 14.3 Å². The molecule has 1 aliphatic rings. The smallest absolute Gasteiger partial charge is 0.253 e. The lowest BCUT2D eigenvalue weighted by molar-refractivity contribution is 0.0637. The Morgan fingerprint density at radius 1 is 1.03 bits per heavy atom. The largest absolute Gasteiger partial charge is 0.491 e. The van der Waals surface area contributed by atoms with Crippen molar-refractivity contribution in [1.82, 2.24) is 14.9 Å². The Kier molecular flexibility index (Phi) is 5.74.